The summed E-state index contributed by atoms with van der Waals surface area (Å²) in [5.74, 6) is 1.07. The molecule has 1 aliphatic rings. The van der Waals surface area contributed by atoms with Gasteiger partial charge in [0, 0.05) is 32.9 Å². The highest BCUT2D eigenvalue weighted by molar-refractivity contribution is 5.77. The smallest absolute Gasteiger partial charge is 0.312 e. The summed E-state index contributed by atoms with van der Waals surface area (Å²) in [6, 6.07) is 8.23. The van der Waals surface area contributed by atoms with E-state index in [-0.39, 0.29) is 11.2 Å². The molecule has 1 aromatic carbocycles. The quantitative estimate of drug-likeness (QED) is 0.674. The molecule has 0 radical (unpaired) electrons. The molecule has 1 aliphatic heterocycles. The monoisotopic (exact) mass is 339 g/mol. The fourth-order valence-electron chi connectivity index (χ4n) is 3.59. The van der Waals surface area contributed by atoms with Gasteiger partial charge in [-0.25, -0.2) is 4.79 Å². The van der Waals surface area contributed by atoms with Crippen LogP contribution in [0.3, 0.4) is 0 Å². The molecule has 0 unspecified atom stereocenters. The molecular weight excluding hydrogens is 318 g/mol. The van der Waals surface area contributed by atoms with Crippen LogP contribution in [0.4, 0.5) is 11.6 Å². The number of anilines is 2. The van der Waals surface area contributed by atoms with E-state index in [2.05, 4.69) is 35.9 Å². The van der Waals surface area contributed by atoms with E-state index in [0.29, 0.717) is 23.6 Å². The number of imidazole rings is 1. The second-order valence-electron chi connectivity index (χ2n) is 6.96. The number of nitrogens with zero attached hydrogens (tertiary/aromatic N) is 5. The standard InChI is InChI=1S/C18H21N5O2/c1-11-6-5-7-13(8-11)22-9-12(2)10-23-14-15(19-17(22)23)20(3)18(25)21(4)16(14)24/h5-8,12H,9-10H2,1-4H3/t12-/m0/s1. The van der Waals surface area contributed by atoms with Crippen LogP contribution in [0.1, 0.15) is 12.5 Å². The predicted octanol–water partition coefficient (Wildman–Crippen LogP) is 1.53. The molecule has 0 fully saturated rings. The van der Waals surface area contributed by atoms with Crippen LogP contribution < -0.4 is 16.1 Å². The molecule has 3 heterocycles. The minimum atomic E-state index is -0.358. The normalized spacial score (nSPS) is 17.1. The Morgan fingerprint density at radius 1 is 1.12 bits per heavy atom. The Hall–Kier alpha value is -2.83. The maximum Gasteiger partial charge on any atom is 0.332 e. The van der Waals surface area contributed by atoms with Crippen LogP contribution in [0.2, 0.25) is 0 Å². The van der Waals surface area contributed by atoms with Gasteiger partial charge in [0.05, 0.1) is 0 Å². The largest absolute Gasteiger partial charge is 0.332 e. The lowest BCUT2D eigenvalue weighted by Gasteiger charge is -2.33. The first-order valence-electron chi connectivity index (χ1n) is 8.39. The summed E-state index contributed by atoms with van der Waals surface area (Å²) in [5, 5.41) is 0. The highest BCUT2D eigenvalue weighted by Crippen LogP contribution is 2.32. The van der Waals surface area contributed by atoms with Crippen LogP contribution in [-0.4, -0.2) is 25.2 Å². The van der Waals surface area contributed by atoms with Crippen molar-refractivity contribution in [2.24, 2.45) is 20.0 Å². The lowest BCUT2D eigenvalue weighted by molar-refractivity contribution is 0.458. The molecule has 0 N–H and O–H groups in total. The average Bonchev–Trinajstić information content (AvgIpc) is 2.96. The minimum absolute atomic E-state index is 0.296. The maximum atomic E-state index is 12.7. The minimum Gasteiger partial charge on any atom is -0.312 e. The molecule has 0 spiro atoms. The highest BCUT2D eigenvalue weighted by atomic mass is 16.2. The van der Waals surface area contributed by atoms with Crippen molar-refractivity contribution in [3.63, 3.8) is 0 Å². The van der Waals surface area contributed by atoms with E-state index >= 15 is 0 Å². The van der Waals surface area contributed by atoms with E-state index in [1.165, 1.54) is 17.2 Å². The van der Waals surface area contributed by atoms with Crippen molar-refractivity contribution in [2.75, 3.05) is 11.4 Å². The first kappa shape index (κ1) is 15.7. The van der Waals surface area contributed by atoms with Gasteiger partial charge >= 0.3 is 5.69 Å². The van der Waals surface area contributed by atoms with Gasteiger partial charge in [0.2, 0.25) is 5.95 Å². The summed E-state index contributed by atoms with van der Waals surface area (Å²) < 4.78 is 4.54. The maximum absolute atomic E-state index is 12.7. The third-order valence-electron chi connectivity index (χ3n) is 4.87. The third-order valence-corrected chi connectivity index (χ3v) is 4.87. The van der Waals surface area contributed by atoms with Crippen molar-refractivity contribution in [3.05, 3.63) is 50.7 Å². The Bertz CT molecular complexity index is 1110. The van der Waals surface area contributed by atoms with Crippen LogP contribution >= 0.6 is 0 Å². The molecule has 0 amide bonds. The zero-order chi connectivity index (χ0) is 17.9. The van der Waals surface area contributed by atoms with Crippen molar-refractivity contribution in [3.8, 4) is 0 Å². The second-order valence-corrected chi connectivity index (χ2v) is 6.96. The summed E-state index contributed by atoms with van der Waals surface area (Å²) in [6.45, 7) is 5.74. The number of benzene rings is 1. The van der Waals surface area contributed by atoms with Gasteiger partial charge in [-0.15, -0.1) is 0 Å². The molecular formula is C18H21N5O2. The van der Waals surface area contributed by atoms with Gasteiger partial charge in [-0.1, -0.05) is 19.1 Å². The molecule has 2 aromatic heterocycles. The van der Waals surface area contributed by atoms with Crippen molar-refractivity contribution in [2.45, 2.75) is 20.4 Å². The Labute approximate surface area is 144 Å². The van der Waals surface area contributed by atoms with E-state index in [0.717, 1.165) is 22.7 Å². The number of aryl methyl sites for hydroxylation is 2. The summed E-state index contributed by atoms with van der Waals surface area (Å²) in [5.41, 5.74) is 2.49. The number of fused-ring (bicyclic) bond motifs is 3. The molecule has 0 saturated carbocycles. The summed E-state index contributed by atoms with van der Waals surface area (Å²) >= 11 is 0. The number of rotatable bonds is 1. The average molecular weight is 339 g/mol. The van der Waals surface area contributed by atoms with Gasteiger partial charge in [0.1, 0.15) is 0 Å². The number of hydrogen-bond acceptors (Lipinski definition) is 4. The SMILES string of the molecule is Cc1cccc(N2C[C@H](C)Cn3c2nc2c3c(=O)n(C)c(=O)n2C)c1. The Balaban J connectivity index is 2.05. The molecule has 130 valence electrons. The first-order valence-corrected chi connectivity index (χ1v) is 8.39. The van der Waals surface area contributed by atoms with Crippen molar-refractivity contribution in [1.29, 1.82) is 0 Å². The molecule has 7 heteroatoms. The van der Waals surface area contributed by atoms with Gasteiger partial charge in [-0.05, 0) is 30.5 Å². The van der Waals surface area contributed by atoms with Gasteiger partial charge in [-0.3, -0.25) is 13.9 Å². The van der Waals surface area contributed by atoms with E-state index in [1.807, 2.05) is 16.7 Å². The topological polar surface area (TPSA) is 65.1 Å². The van der Waals surface area contributed by atoms with Crippen molar-refractivity contribution < 1.29 is 0 Å². The molecule has 0 bridgehead atoms. The number of aromatic nitrogens is 4. The highest BCUT2D eigenvalue weighted by Gasteiger charge is 2.29. The molecule has 3 aromatic rings. The van der Waals surface area contributed by atoms with Crippen LogP contribution in [-0.2, 0) is 20.6 Å². The van der Waals surface area contributed by atoms with Crippen molar-refractivity contribution in [1.82, 2.24) is 18.7 Å². The fourth-order valence-corrected chi connectivity index (χ4v) is 3.59. The van der Waals surface area contributed by atoms with E-state index in [1.54, 1.807) is 7.05 Å². The summed E-state index contributed by atoms with van der Waals surface area (Å²) in [6.07, 6.45) is 0. The number of hydrogen-bond donors (Lipinski definition) is 0. The molecule has 7 nitrogen and oxygen atoms in total. The van der Waals surface area contributed by atoms with Gasteiger partial charge in [0.15, 0.2) is 11.2 Å². The Morgan fingerprint density at radius 2 is 1.88 bits per heavy atom. The first-order chi connectivity index (χ1) is 11.9. The molecule has 0 aliphatic carbocycles. The van der Waals surface area contributed by atoms with Crippen LogP contribution in [0, 0.1) is 12.8 Å². The molecule has 25 heavy (non-hydrogen) atoms. The second kappa shape index (κ2) is 5.34. The Morgan fingerprint density at radius 3 is 2.60 bits per heavy atom. The zero-order valence-electron chi connectivity index (χ0n) is 14.9. The van der Waals surface area contributed by atoms with E-state index in [9.17, 15) is 9.59 Å². The third kappa shape index (κ3) is 2.22. The van der Waals surface area contributed by atoms with Gasteiger partial charge < -0.3 is 9.47 Å². The Kier molecular flexibility index (Phi) is 3.35. The lowest BCUT2D eigenvalue weighted by Crippen LogP contribution is -2.38. The van der Waals surface area contributed by atoms with Crippen LogP contribution in [0.5, 0.6) is 0 Å². The van der Waals surface area contributed by atoms with Gasteiger partial charge in [0.25, 0.3) is 5.56 Å². The summed E-state index contributed by atoms with van der Waals surface area (Å²) in [4.78, 5) is 31.8. The predicted molar refractivity (Wildman–Crippen MR) is 97.6 cm³/mol. The fraction of sp³-hybridized carbons (Fsp3) is 0.389. The van der Waals surface area contributed by atoms with Crippen LogP contribution in [0.25, 0.3) is 11.2 Å². The molecule has 1 atom stereocenters. The van der Waals surface area contributed by atoms with Gasteiger partial charge in [-0.2, -0.15) is 4.98 Å². The summed E-state index contributed by atoms with van der Waals surface area (Å²) in [7, 11) is 3.16. The molecule has 4 rings (SSSR count). The van der Waals surface area contributed by atoms with Crippen molar-refractivity contribution >= 4 is 22.8 Å². The van der Waals surface area contributed by atoms with E-state index in [4.69, 9.17) is 0 Å². The zero-order valence-corrected chi connectivity index (χ0v) is 14.9. The lowest BCUT2D eigenvalue weighted by atomic mass is 10.1. The molecule has 0 saturated heterocycles. The van der Waals surface area contributed by atoms with Crippen LogP contribution in [0.15, 0.2) is 33.9 Å². The van der Waals surface area contributed by atoms with E-state index < -0.39 is 0 Å².